The minimum absolute atomic E-state index is 0. The standard InChI is InChI=1S/C57H48N4O.Pt/c1-39(2)32-40-16-13-19-43(33-40)48-24-15-23-47(42-17-7-6-8-18-42)56(48)60-38-59(52-26-11-12-27-53(52)60)44-20-14-21-45(35-44)62-46-28-29-50-49-22-9-10-25-51(49)61(54(50)36-46)55-34-41(30-31-58-55)37-57(3,4)5;/h6-31,33-34,39H,32,37H2,1-5H3;/q-2;/i6D,7D,8D,17D,18D,32D2,37D2;. The second kappa shape index (κ2) is 17.3. The smallest absolute Gasteiger partial charge is 0.268 e. The number of ether oxygens (including phenoxy) is 1. The third-order valence-electron chi connectivity index (χ3n) is 10.5. The second-order valence-corrected chi connectivity index (χ2v) is 16.6. The zero-order valence-corrected chi connectivity index (χ0v) is 37.6. The van der Waals surface area contributed by atoms with E-state index in [2.05, 4.69) is 18.5 Å². The fraction of sp³-hybridized carbons (Fsp3) is 0.158. The quantitative estimate of drug-likeness (QED) is 0.101. The van der Waals surface area contributed by atoms with Crippen molar-refractivity contribution >= 4 is 32.8 Å². The van der Waals surface area contributed by atoms with Gasteiger partial charge in [-0.25, -0.2) is 4.98 Å². The normalized spacial score (nSPS) is 14.2. The first-order valence-corrected chi connectivity index (χ1v) is 20.7. The summed E-state index contributed by atoms with van der Waals surface area (Å²) in [6, 6.07) is 46.0. The van der Waals surface area contributed by atoms with Crippen LogP contribution in [0, 0.1) is 29.8 Å². The molecule has 3 aromatic heterocycles. The van der Waals surface area contributed by atoms with Crippen molar-refractivity contribution in [2.24, 2.45) is 11.3 Å². The van der Waals surface area contributed by atoms with Gasteiger partial charge >= 0.3 is 0 Å². The molecule has 0 bridgehead atoms. The summed E-state index contributed by atoms with van der Waals surface area (Å²) in [5.74, 6) is 1.02. The summed E-state index contributed by atoms with van der Waals surface area (Å²) in [6.45, 7) is 9.32. The summed E-state index contributed by atoms with van der Waals surface area (Å²) in [7, 11) is 0. The predicted molar refractivity (Wildman–Crippen MR) is 253 cm³/mol. The van der Waals surface area contributed by atoms with E-state index in [-0.39, 0.29) is 44.6 Å². The Labute approximate surface area is 397 Å². The molecule has 0 unspecified atom stereocenters. The van der Waals surface area contributed by atoms with Gasteiger partial charge in [0.1, 0.15) is 5.82 Å². The SMILES string of the molecule is [2H]c1c([2H])c([2H])c(-c2cccc(-c3cccc(C([2H])([2H])C(C)C)c3)c2-[n+]2[c-]n(-c3[c-]c(Oc4[c-]c5c(cc4)c4ccccc4n5-c4cc(C([2H])([2H])C(C)(C)C)ccn4)ccc3)c3ccccc32)c([2H])c1[2H].[Pt]. The van der Waals surface area contributed by atoms with Gasteiger partial charge in [0.05, 0.1) is 23.6 Å². The Hall–Kier alpha value is -6.55. The van der Waals surface area contributed by atoms with E-state index >= 15 is 0 Å². The number of para-hydroxylation sites is 4. The summed E-state index contributed by atoms with van der Waals surface area (Å²) in [5.41, 5.74) is 6.02. The maximum atomic E-state index is 9.08. The molecule has 0 spiro atoms. The maximum Gasteiger partial charge on any atom is 0.268 e. The molecule has 0 N–H and O–H groups in total. The van der Waals surface area contributed by atoms with Gasteiger partial charge in [-0.2, -0.15) is 18.2 Å². The van der Waals surface area contributed by atoms with E-state index < -0.39 is 36.3 Å². The molecule has 0 aliphatic carbocycles. The van der Waals surface area contributed by atoms with Crippen molar-refractivity contribution in [1.29, 1.82) is 0 Å². The van der Waals surface area contributed by atoms with E-state index in [1.807, 2.05) is 145 Å². The number of fused-ring (bicyclic) bond motifs is 4. The summed E-state index contributed by atoms with van der Waals surface area (Å²) in [6.07, 6.45) is 1.88. The zero-order chi connectivity index (χ0) is 50.3. The van der Waals surface area contributed by atoms with Gasteiger partial charge in [0.15, 0.2) is 0 Å². The Morgan fingerprint density at radius 3 is 2.25 bits per heavy atom. The summed E-state index contributed by atoms with van der Waals surface area (Å²) in [5, 5.41) is 1.90. The monoisotopic (exact) mass is 1010 g/mol. The third kappa shape index (κ3) is 8.38. The number of imidazole rings is 1. The molecular weight excluding hydrogens is 952 g/mol. The number of pyridine rings is 1. The number of hydrogen-bond donors (Lipinski definition) is 0. The van der Waals surface area contributed by atoms with Crippen molar-refractivity contribution in [2.75, 3.05) is 0 Å². The van der Waals surface area contributed by atoms with Gasteiger partial charge in [-0.05, 0) is 86.7 Å². The molecule has 0 fully saturated rings. The zero-order valence-electron chi connectivity index (χ0n) is 44.4. The fourth-order valence-corrected chi connectivity index (χ4v) is 8.09. The minimum Gasteiger partial charge on any atom is -0.510 e. The van der Waals surface area contributed by atoms with Gasteiger partial charge in [0.2, 0.25) is 0 Å². The van der Waals surface area contributed by atoms with E-state index in [0.29, 0.717) is 67.5 Å². The van der Waals surface area contributed by atoms with E-state index in [4.69, 9.17) is 22.1 Å². The maximum absolute atomic E-state index is 9.08. The van der Waals surface area contributed by atoms with Gasteiger partial charge in [-0.3, -0.25) is 4.57 Å². The third-order valence-corrected chi connectivity index (χ3v) is 10.5. The van der Waals surface area contributed by atoms with Crippen molar-refractivity contribution in [3.05, 3.63) is 199 Å². The van der Waals surface area contributed by atoms with Crippen LogP contribution in [0.25, 0.3) is 72.3 Å². The molecule has 7 aromatic carbocycles. The van der Waals surface area contributed by atoms with Crippen LogP contribution in [0.4, 0.5) is 0 Å². The van der Waals surface area contributed by atoms with Gasteiger partial charge < -0.3 is 13.9 Å². The van der Waals surface area contributed by atoms with Crippen molar-refractivity contribution in [3.8, 4) is 50.9 Å². The number of aromatic nitrogens is 4. The number of benzene rings is 7. The van der Waals surface area contributed by atoms with E-state index in [9.17, 15) is 0 Å². The summed E-state index contributed by atoms with van der Waals surface area (Å²) in [4.78, 5) is 4.73. The second-order valence-electron chi connectivity index (χ2n) is 16.6. The molecule has 0 saturated carbocycles. The van der Waals surface area contributed by atoms with Crippen molar-refractivity contribution in [1.82, 2.24) is 14.1 Å². The molecule has 0 radical (unpaired) electrons. The Kier molecular flexibility index (Phi) is 8.84. The molecule has 3 heterocycles. The number of hydrogen-bond acceptors (Lipinski definition) is 2. The number of nitrogens with zero attached hydrogens (tertiary/aromatic N) is 4. The van der Waals surface area contributed by atoms with Crippen LogP contribution >= 0.6 is 0 Å². The van der Waals surface area contributed by atoms with Gasteiger partial charge in [0.25, 0.3) is 6.33 Å². The Morgan fingerprint density at radius 2 is 1.44 bits per heavy atom. The average molecular weight is 1010 g/mol. The summed E-state index contributed by atoms with van der Waals surface area (Å²) >= 11 is 0. The molecule has 5 nitrogen and oxygen atoms in total. The molecule has 0 aliphatic rings. The molecule has 10 rings (SSSR count). The van der Waals surface area contributed by atoms with Crippen LogP contribution in [-0.2, 0) is 33.8 Å². The van der Waals surface area contributed by atoms with Gasteiger partial charge in [0, 0.05) is 49.8 Å². The molecule has 6 heteroatoms. The van der Waals surface area contributed by atoms with Crippen molar-refractivity contribution in [2.45, 2.75) is 47.4 Å². The van der Waals surface area contributed by atoms with E-state index in [0.717, 1.165) is 21.8 Å². The van der Waals surface area contributed by atoms with E-state index in [1.165, 1.54) is 0 Å². The van der Waals surface area contributed by atoms with Crippen molar-refractivity contribution in [3.63, 3.8) is 0 Å². The molecule has 0 amide bonds. The minimum atomic E-state index is -1.66. The van der Waals surface area contributed by atoms with Crippen LogP contribution in [0.3, 0.4) is 0 Å². The van der Waals surface area contributed by atoms with Crippen molar-refractivity contribution < 1.29 is 42.7 Å². The molecule has 10 aromatic rings. The Morgan fingerprint density at radius 1 is 0.714 bits per heavy atom. The fourth-order valence-electron chi connectivity index (χ4n) is 8.09. The molecular formula is C57H48N4OPt-2. The van der Waals surface area contributed by atoms with Crippen LogP contribution in [0.1, 0.15) is 58.1 Å². The molecule has 0 aliphatic heterocycles. The topological polar surface area (TPSA) is 35.9 Å². The molecule has 314 valence electrons. The first-order chi connectivity index (χ1) is 33.8. The van der Waals surface area contributed by atoms with E-state index in [1.54, 1.807) is 42.6 Å². The van der Waals surface area contributed by atoms with Crippen LogP contribution in [0.15, 0.2) is 170 Å². The first kappa shape index (κ1) is 32.2. The van der Waals surface area contributed by atoms with Crippen LogP contribution < -0.4 is 9.30 Å². The molecule has 63 heavy (non-hydrogen) atoms. The van der Waals surface area contributed by atoms with Crippen LogP contribution in [0.2, 0.25) is 0 Å². The molecule has 0 saturated heterocycles. The van der Waals surface area contributed by atoms with Crippen LogP contribution in [0.5, 0.6) is 11.5 Å². The Bertz CT molecular complexity index is 3720. The van der Waals surface area contributed by atoms with Gasteiger partial charge in [-0.1, -0.05) is 155 Å². The first-order valence-electron chi connectivity index (χ1n) is 25.2. The summed E-state index contributed by atoms with van der Waals surface area (Å²) < 4.78 is 91.9. The largest absolute Gasteiger partial charge is 0.510 e. The average Bonchev–Trinajstić information content (AvgIpc) is 3.91. The molecule has 0 atom stereocenters. The number of rotatable bonds is 10. The van der Waals surface area contributed by atoms with Crippen LogP contribution in [-0.4, -0.2) is 14.1 Å². The Balaban J connectivity index is 0.00000640. The predicted octanol–water partition coefficient (Wildman–Crippen LogP) is 13.7. The van der Waals surface area contributed by atoms with Gasteiger partial charge in [-0.15, -0.1) is 29.7 Å².